The van der Waals surface area contributed by atoms with E-state index < -0.39 is 5.41 Å². The predicted molar refractivity (Wildman–Crippen MR) is 110 cm³/mol. The molecule has 0 heterocycles. The quantitative estimate of drug-likeness (QED) is 0.602. The normalized spacial score (nSPS) is 11.6. The number of nitrogens with zero attached hydrogens (tertiary/aromatic N) is 1. The molecule has 5 heteroatoms. The van der Waals surface area contributed by atoms with Gasteiger partial charge in [-0.15, -0.1) is 0 Å². The second-order valence-electron chi connectivity index (χ2n) is 7.80. The number of benzene rings is 2. The maximum atomic E-state index is 12.2. The summed E-state index contributed by atoms with van der Waals surface area (Å²) in [4.78, 5) is 24.1. The molecule has 5 nitrogen and oxygen atoms in total. The van der Waals surface area contributed by atoms with Crippen LogP contribution in [0, 0.1) is 5.41 Å². The summed E-state index contributed by atoms with van der Waals surface area (Å²) in [5.74, 6) is 0.0957. The summed E-state index contributed by atoms with van der Waals surface area (Å²) in [5, 5.41) is 6.83. The molecule has 0 unspecified atom stereocenters. The van der Waals surface area contributed by atoms with Crippen molar-refractivity contribution in [1.29, 1.82) is 0 Å². The van der Waals surface area contributed by atoms with E-state index in [1.54, 1.807) is 30.5 Å². The van der Waals surface area contributed by atoms with Gasteiger partial charge in [-0.25, -0.2) is 5.43 Å². The molecule has 0 aliphatic rings. The molecule has 0 atom stereocenters. The van der Waals surface area contributed by atoms with Crippen molar-refractivity contribution in [2.75, 3.05) is 5.32 Å². The van der Waals surface area contributed by atoms with Crippen molar-refractivity contribution in [3.05, 3.63) is 65.2 Å². The highest BCUT2D eigenvalue weighted by Crippen LogP contribution is 2.18. The molecule has 0 aromatic heterocycles. The molecule has 0 aliphatic heterocycles. The maximum Gasteiger partial charge on any atom is 0.271 e. The predicted octanol–water partition coefficient (Wildman–Crippen LogP) is 4.56. The molecule has 0 saturated carbocycles. The Hall–Kier alpha value is -2.95. The van der Waals surface area contributed by atoms with Crippen molar-refractivity contribution in [2.24, 2.45) is 10.5 Å². The summed E-state index contributed by atoms with van der Waals surface area (Å²) in [6.45, 7) is 9.82. The van der Waals surface area contributed by atoms with E-state index in [0.29, 0.717) is 17.2 Å². The molecule has 27 heavy (non-hydrogen) atoms. The molecule has 2 N–H and O–H groups in total. The van der Waals surface area contributed by atoms with Gasteiger partial charge < -0.3 is 5.32 Å². The van der Waals surface area contributed by atoms with Gasteiger partial charge in [-0.1, -0.05) is 58.9 Å². The summed E-state index contributed by atoms with van der Waals surface area (Å²) in [6, 6.07) is 14.8. The van der Waals surface area contributed by atoms with Crippen molar-refractivity contribution < 1.29 is 9.59 Å². The van der Waals surface area contributed by atoms with Crippen LogP contribution < -0.4 is 10.7 Å². The highest BCUT2D eigenvalue weighted by molar-refractivity contribution is 5.97. The standard InChI is InChI=1S/C22H27N3O2/c1-15(2)17-8-6-16(7-9-17)14-23-25-20(26)18-10-12-19(13-11-18)24-21(27)22(3,4)5/h6-15H,1-5H3,(H,24,27)(H,25,26)/b23-14-. The van der Waals surface area contributed by atoms with Crippen molar-refractivity contribution >= 4 is 23.7 Å². The molecular formula is C22H27N3O2. The number of hydrogen-bond donors (Lipinski definition) is 2. The zero-order valence-electron chi connectivity index (χ0n) is 16.5. The van der Waals surface area contributed by atoms with Gasteiger partial charge >= 0.3 is 0 Å². The van der Waals surface area contributed by atoms with E-state index in [9.17, 15) is 9.59 Å². The Labute approximate surface area is 160 Å². The Bertz CT molecular complexity index is 814. The van der Waals surface area contributed by atoms with Gasteiger partial charge in [-0.05, 0) is 41.3 Å². The van der Waals surface area contributed by atoms with Gasteiger partial charge in [-0.3, -0.25) is 9.59 Å². The van der Waals surface area contributed by atoms with Crippen LogP contribution in [0.15, 0.2) is 53.6 Å². The van der Waals surface area contributed by atoms with E-state index in [-0.39, 0.29) is 11.8 Å². The summed E-state index contributed by atoms with van der Waals surface area (Å²) in [7, 11) is 0. The summed E-state index contributed by atoms with van der Waals surface area (Å²) < 4.78 is 0. The van der Waals surface area contributed by atoms with Crippen molar-refractivity contribution in [1.82, 2.24) is 5.43 Å². The smallest absolute Gasteiger partial charge is 0.271 e. The zero-order valence-corrected chi connectivity index (χ0v) is 16.5. The minimum Gasteiger partial charge on any atom is -0.326 e. The van der Waals surface area contributed by atoms with Gasteiger partial charge in [0, 0.05) is 16.7 Å². The average Bonchev–Trinajstić information content (AvgIpc) is 2.62. The zero-order chi connectivity index (χ0) is 20.0. The largest absolute Gasteiger partial charge is 0.326 e. The molecule has 0 bridgehead atoms. The molecule has 0 saturated heterocycles. The van der Waals surface area contributed by atoms with Crippen LogP contribution in [0.3, 0.4) is 0 Å². The molecule has 0 fully saturated rings. The van der Waals surface area contributed by atoms with Crippen molar-refractivity contribution in [3.63, 3.8) is 0 Å². The second kappa shape index (κ2) is 8.62. The fraction of sp³-hybridized carbons (Fsp3) is 0.318. The fourth-order valence-electron chi connectivity index (χ4n) is 2.22. The van der Waals surface area contributed by atoms with E-state index in [4.69, 9.17) is 0 Å². The van der Waals surface area contributed by atoms with E-state index in [1.165, 1.54) is 5.56 Å². The lowest BCUT2D eigenvalue weighted by Gasteiger charge is -2.17. The minimum absolute atomic E-state index is 0.0761. The second-order valence-corrected chi connectivity index (χ2v) is 7.80. The number of nitrogens with one attached hydrogen (secondary N) is 2. The molecule has 2 aromatic carbocycles. The van der Waals surface area contributed by atoms with Gasteiger partial charge in [0.1, 0.15) is 0 Å². The van der Waals surface area contributed by atoms with Gasteiger partial charge in [0.2, 0.25) is 5.91 Å². The topological polar surface area (TPSA) is 70.6 Å². The molecule has 0 aliphatic carbocycles. The molecule has 2 amide bonds. The first kappa shape index (κ1) is 20.4. The van der Waals surface area contributed by atoms with Crippen molar-refractivity contribution in [3.8, 4) is 0 Å². The third-order valence-electron chi connectivity index (χ3n) is 4.07. The van der Waals surface area contributed by atoms with Gasteiger partial charge in [-0.2, -0.15) is 5.10 Å². The molecule has 142 valence electrons. The van der Waals surface area contributed by atoms with Crippen molar-refractivity contribution in [2.45, 2.75) is 40.5 Å². The summed E-state index contributed by atoms with van der Waals surface area (Å²) >= 11 is 0. The van der Waals surface area contributed by atoms with Crippen LogP contribution in [0.25, 0.3) is 0 Å². The summed E-state index contributed by atoms with van der Waals surface area (Å²) in [5.41, 5.74) is 5.34. The SMILES string of the molecule is CC(C)c1ccc(/C=N\NC(=O)c2ccc(NC(=O)C(C)(C)C)cc2)cc1. The minimum atomic E-state index is -0.474. The Morgan fingerprint density at radius 2 is 1.56 bits per heavy atom. The number of anilines is 1. The third kappa shape index (κ3) is 6.06. The number of rotatable bonds is 5. The monoisotopic (exact) mass is 365 g/mol. The van der Waals surface area contributed by atoms with E-state index in [1.807, 2.05) is 32.9 Å². The Balaban J connectivity index is 1.93. The van der Waals surface area contributed by atoms with Crippen LogP contribution in [-0.2, 0) is 4.79 Å². The molecule has 2 rings (SSSR count). The van der Waals surface area contributed by atoms with E-state index in [0.717, 1.165) is 5.56 Å². The molecule has 2 aromatic rings. The first-order valence-electron chi connectivity index (χ1n) is 9.01. The van der Waals surface area contributed by atoms with Gasteiger partial charge in [0.25, 0.3) is 5.91 Å². The number of amides is 2. The number of carbonyl (C=O) groups is 2. The first-order chi connectivity index (χ1) is 12.7. The van der Waals surface area contributed by atoms with Gasteiger partial charge in [0.15, 0.2) is 0 Å². The lowest BCUT2D eigenvalue weighted by Crippen LogP contribution is -2.27. The number of hydrogen-bond acceptors (Lipinski definition) is 3. The Morgan fingerprint density at radius 3 is 2.07 bits per heavy atom. The number of carbonyl (C=O) groups excluding carboxylic acids is 2. The van der Waals surface area contributed by atoms with Crippen LogP contribution in [-0.4, -0.2) is 18.0 Å². The average molecular weight is 365 g/mol. The lowest BCUT2D eigenvalue weighted by molar-refractivity contribution is -0.123. The van der Waals surface area contributed by atoms with Crippen LogP contribution in [0.4, 0.5) is 5.69 Å². The van der Waals surface area contributed by atoms with E-state index >= 15 is 0 Å². The maximum absolute atomic E-state index is 12.2. The molecular weight excluding hydrogens is 338 g/mol. The Morgan fingerprint density at radius 1 is 0.963 bits per heavy atom. The molecule has 0 spiro atoms. The van der Waals surface area contributed by atoms with E-state index in [2.05, 4.69) is 41.8 Å². The van der Waals surface area contributed by atoms with Crippen LogP contribution in [0.5, 0.6) is 0 Å². The first-order valence-corrected chi connectivity index (χ1v) is 9.01. The molecule has 0 radical (unpaired) electrons. The third-order valence-corrected chi connectivity index (χ3v) is 4.07. The summed E-state index contributed by atoms with van der Waals surface area (Å²) in [6.07, 6.45) is 1.61. The van der Waals surface area contributed by atoms with Crippen LogP contribution >= 0.6 is 0 Å². The fourth-order valence-corrected chi connectivity index (χ4v) is 2.22. The highest BCUT2D eigenvalue weighted by atomic mass is 16.2. The van der Waals surface area contributed by atoms with Gasteiger partial charge in [0.05, 0.1) is 6.21 Å². The van der Waals surface area contributed by atoms with Crippen LogP contribution in [0.2, 0.25) is 0 Å². The lowest BCUT2D eigenvalue weighted by atomic mass is 9.95. The van der Waals surface area contributed by atoms with Crippen LogP contribution in [0.1, 0.15) is 62.0 Å². The highest BCUT2D eigenvalue weighted by Gasteiger charge is 2.21. The Kier molecular flexibility index (Phi) is 6.50. The number of hydrazone groups is 1.